The molecule has 1 aromatic carbocycles. The van der Waals surface area contributed by atoms with Gasteiger partial charge in [-0.15, -0.1) is 24.0 Å². The molecule has 0 N–H and O–H groups in total. The molecule has 1 aromatic heterocycles. The van der Waals surface area contributed by atoms with Crippen molar-refractivity contribution in [2.45, 2.75) is 18.7 Å². The minimum atomic E-state index is 0.701. The lowest BCUT2D eigenvalue weighted by molar-refractivity contribution is 0.345. The Morgan fingerprint density at radius 1 is 1.43 bits per heavy atom. The minimum absolute atomic E-state index is 0.701. The summed E-state index contributed by atoms with van der Waals surface area (Å²) in [4.78, 5) is 0.996. The fraction of sp³-hybridized carbons (Fsp3) is 0.273. The van der Waals surface area contributed by atoms with E-state index in [9.17, 15) is 0 Å². The van der Waals surface area contributed by atoms with E-state index in [0.29, 0.717) is 6.61 Å². The Morgan fingerprint density at radius 2 is 2.21 bits per heavy atom. The Kier molecular flexibility index (Phi) is 2.70. The summed E-state index contributed by atoms with van der Waals surface area (Å²) in [5.41, 5.74) is 1.29. The third kappa shape index (κ3) is 1.51. The largest absolute Gasteiger partial charge is 0.492 e. The van der Waals surface area contributed by atoms with Gasteiger partial charge in [0.05, 0.1) is 6.61 Å². The zero-order valence-electron chi connectivity index (χ0n) is 8.20. The highest BCUT2D eigenvalue weighted by molar-refractivity contribution is 7.80. The van der Waals surface area contributed by atoms with Crippen LogP contribution in [0.2, 0.25) is 0 Å². The summed E-state index contributed by atoms with van der Waals surface area (Å²) in [6, 6.07) is 4.12. The number of hydrogen-bond donors (Lipinski definition) is 1. The molecule has 0 radical (unpaired) electrons. The zero-order chi connectivity index (χ0) is 10.1. The molecule has 0 unspecified atom stereocenters. The van der Waals surface area contributed by atoms with Crippen molar-refractivity contribution in [3.63, 3.8) is 0 Å². The van der Waals surface area contributed by atoms with Crippen molar-refractivity contribution in [2.24, 2.45) is 0 Å². The standard InChI is InChI=1S/C11H12OS2/c1-3-12-8-6-14-11-7(2)4-5-9(13)10(8)11/h4-6,13H,3H2,1-2H3. The molecular formula is C11H12OS2. The molecule has 0 bridgehead atoms. The van der Waals surface area contributed by atoms with Crippen molar-refractivity contribution in [1.82, 2.24) is 0 Å². The molecule has 0 aliphatic heterocycles. The molecule has 74 valence electrons. The van der Waals surface area contributed by atoms with Crippen LogP contribution in [-0.2, 0) is 0 Å². The second-order valence-corrected chi connectivity index (χ2v) is 4.50. The Labute approximate surface area is 93.1 Å². The van der Waals surface area contributed by atoms with Gasteiger partial charge < -0.3 is 4.74 Å². The van der Waals surface area contributed by atoms with Gasteiger partial charge >= 0.3 is 0 Å². The normalized spacial score (nSPS) is 10.8. The molecule has 2 aromatic rings. The molecule has 0 aliphatic rings. The smallest absolute Gasteiger partial charge is 0.138 e. The second-order valence-electron chi connectivity index (χ2n) is 3.14. The first-order valence-electron chi connectivity index (χ1n) is 4.56. The van der Waals surface area contributed by atoms with Gasteiger partial charge in [-0.05, 0) is 25.5 Å². The van der Waals surface area contributed by atoms with Crippen LogP contribution in [0.3, 0.4) is 0 Å². The number of thiophene rings is 1. The number of thiol groups is 1. The van der Waals surface area contributed by atoms with E-state index in [-0.39, 0.29) is 0 Å². The first kappa shape index (κ1) is 9.87. The maximum Gasteiger partial charge on any atom is 0.138 e. The average molecular weight is 224 g/mol. The van der Waals surface area contributed by atoms with Crippen LogP contribution in [-0.4, -0.2) is 6.61 Å². The first-order valence-corrected chi connectivity index (χ1v) is 5.89. The van der Waals surface area contributed by atoms with Gasteiger partial charge in [-0.25, -0.2) is 0 Å². The molecule has 0 saturated carbocycles. The van der Waals surface area contributed by atoms with Gasteiger partial charge in [-0.3, -0.25) is 0 Å². The second kappa shape index (κ2) is 3.83. The molecule has 1 nitrogen and oxygen atoms in total. The molecule has 3 heteroatoms. The molecule has 14 heavy (non-hydrogen) atoms. The number of fused-ring (bicyclic) bond motifs is 1. The fourth-order valence-corrected chi connectivity index (χ4v) is 2.86. The number of rotatable bonds is 2. The van der Waals surface area contributed by atoms with Crippen LogP contribution in [0.25, 0.3) is 10.1 Å². The maximum atomic E-state index is 5.56. The van der Waals surface area contributed by atoms with Crippen LogP contribution in [0.5, 0.6) is 5.75 Å². The van der Waals surface area contributed by atoms with Crippen molar-refractivity contribution in [3.05, 3.63) is 23.1 Å². The predicted octanol–water partition coefficient (Wildman–Crippen LogP) is 3.90. The summed E-state index contributed by atoms with van der Waals surface area (Å²) in [7, 11) is 0. The lowest BCUT2D eigenvalue weighted by Gasteiger charge is -2.03. The third-order valence-electron chi connectivity index (χ3n) is 2.16. The van der Waals surface area contributed by atoms with E-state index in [1.54, 1.807) is 11.3 Å². The van der Waals surface area contributed by atoms with Crippen LogP contribution < -0.4 is 4.74 Å². The number of benzene rings is 1. The van der Waals surface area contributed by atoms with Crippen molar-refractivity contribution >= 4 is 34.1 Å². The van der Waals surface area contributed by atoms with E-state index < -0.39 is 0 Å². The molecule has 0 amide bonds. The summed E-state index contributed by atoms with van der Waals surface area (Å²) in [6.07, 6.45) is 0. The van der Waals surface area contributed by atoms with Gasteiger partial charge in [0, 0.05) is 20.4 Å². The molecule has 0 spiro atoms. The van der Waals surface area contributed by atoms with Crippen LogP contribution in [0.1, 0.15) is 12.5 Å². The van der Waals surface area contributed by atoms with E-state index in [4.69, 9.17) is 4.74 Å². The fourth-order valence-electron chi connectivity index (χ4n) is 1.50. The predicted molar refractivity (Wildman–Crippen MR) is 65.0 cm³/mol. The van der Waals surface area contributed by atoms with Gasteiger partial charge in [-0.1, -0.05) is 6.07 Å². The van der Waals surface area contributed by atoms with Gasteiger partial charge in [0.25, 0.3) is 0 Å². The average Bonchev–Trinajstić information content (AvgIpc) is 2.58. The number of hydrogen-bond acceptors (Lipinski definition) is 3. The minimum Gasteiger partial charge on any atom is -0.492 e. The Bertz CT molecular complexity index is 460. The Morgan fingerprint density at radius 3 is 2.93 bits per heavy atom. The quantitative estimate of drug-likeness (QED) is 0.761. The van der Waals surface area contributed by atoms with Crippen LogP contribution in [0.4, 0.5) is 0 Å². The number of ether oxygens (including phenoxy) is 1. The van der Waals surface area contributed by atoms with E-state index in [0.717, 1.165) is 16.0 Å². The van der Waals surface area contributed by atoms with E-state index in [1.165, 1.54) is 10.3 Å². The first-order chi connectivity index (χ1) is 6.74. The third-order valence-corrected chi connectivity index (χ3v) is 3.63. The van der Waals surface area contributed by atoms with Crippen molar-refractivity contribution in [3.8, 4) is 5.75 Å². The van der Waals surface area contributed by atoms with E-state index in [1.807, 2.05) is 13.0 Å². The molecule has 0 saturated heterocycles. The van der Waals surface area contributed by atoms with Crippen LogP contribution >= 0.6 is 24.0 Å². The highest BCUT2D eigenvalue weighted by Gasteiger charge is 2.09. The van der Waals surface area contributed by atoms with Crippen molar-refractivity contribution < 1.29 is 4.74 Å². The molecule has 0 aliphatic carbocycles. The Hall–Kier alpha value is -0.670. The van der Waals surface area contributed by atoms with Crippen molar-refractivity contribution in [1.29, 1.82) is 0 Å². The van der Waals surface area contributed by atoms with Crippen molar-refractivity contribution in [2.75, 3.05) is 6.61 Å². The maximum absolute atomic E-state index is 5.56. The summed E-state index contributed by atoms with van der Waals surface area (Å²) >= 11 is 6.17. The molecule has 0 fully saturated rings. The molecule has 1 heterocycles. The summed E-state index contributed by atoms with van der Waals surface area (Å²) in [5.74, 6) is 0.959. The molecule has 2 rings (SSSR count). The molecular weight excluding hydrogens is 212 g/mol. The SMILES string of the molecule is CCOc1csc2c(C)ccc(S)c12. The van der Waals surface area contributed by atoms with Gasteiger partial charge in [0.2, 0.25) is 0 Å². The van der Waals surface area contributed by atoms with Gasteiger partial charge in [0.1, 0.15) is 5.75 Å². The summed E-state index contributed by atoms with van der Waals surface area (Å²) in [5, 5.41) is 3.21. The van der Waals surface area contributed by atoms with Gasteiger partial charge in [-0.2, -0.15) is 0 Å². The van der Waals surface area contributed by atoms with E-state index in [2.05, 4.69) is 31.0 Å². The topological polar surface area (TPSA) is 9.23 Å². The highest BCUT2D eigenvalue weighted by Crippen LogP contribution is 2.38. The Balaban J connectivity index is 2.70. The van der Waals surface area contributed by atoms with Crippen LogP contribution in [0, 0.1) is 6.92 Å². The zero-order valence-corrected chi connectivity index (χ0v) is 9.91. The molecule has 0 atom stereocenters. The highest BCUT2D eigenvalue weighted by atomic mass is 32.1. The summed E-state index contributed by atoms with van der Waals surface area (Å²) in [6.45, 7) is 4.81. The lowest BCUT2D eigenvalue weighted by Crippen LogP contribution is -1.90. The van der Waals surface area contributed by atoms with E-state index >= 15 is 0 Å². The lowest BCUT2D eigenvalue weighted by atomic mass is 10.2. The monoisotopic (exact) mass is 224 g/mol. The van der Waals surface area contributed by atoms with Gasteiger partial charge in [0.15, 0.2) is 0 Å². The number of aryl methyl sites for hydroxylation is 1. The van der Waals surface area contributed by atoms with Crippen LogP contribution in [0.15, 0.2) is 22.4 Å². The summed E-state index contributed by atoms with van der Waals surface area (Å²) < 4.78 is 6.84.